The van der Waals surface area contributed by atoms with Crippen molar-refractivity contribution in [1.82, 2.24) is 10.2 Å². The molecule has 2 rings (SSSR count). The fraction of sp³-hybridized carbons (Fsp3) is 0.0833. The highest BCUT2D eigenvalue weighted by Crippen LogP contribution is 2.33. The van der Waals surface area contributed by atoms with E-state index in [1.54, 1.807) is 24.3 Å². The lowest BCUT2D eigenvalue weighted by Crippen LogP contribution is -2.04. The van der Waals surface area contributed by atoms with Gasteiger partial charge in [0.2, 0.25) is 0 Å². The normalized spacial score (nSPS) is 10.1. The molecule has 0 radical (unpaired) electrons. The topological polar surface area (TPSA) is 72.3 Å². The Kier molecular flexibility index (Phi) is 3.43. The largest absolute Gasteiger partial charge is 0.496 e. The van der Waals surface area contributed by atoms with E-state index in [-0.39, 0.29) is 10.7 Å². The summed E-state index contributed by atoms with van der Waals surface area (Å²) in [4.78, 5) is 11.2. The first-order valence-corrected chi connectivity index (χ1v) is 5.40. The van der Waals surface area contributed by atoms with Gasteiger partial charge in [-0.15, -0.1) is 5.10 Å². The molecule has 1 N–H and O–H groups in total. The zero-order valence-electron chi connectivity index (χ0n) is 9.42. The molecule has 0 aliphatic heterocycles. The van der Waals surface area contributed by atoms with Crippen molar-refractivity contribution in [3.05, 3.63) is 41.2 Å². The van der Waals surface area contributed by atoms with Crippen LogP contribution in [0.15, 0.2) is 30.5 Å². The summed E-state index contributed by atoms with van der Waals surface area (Å²) < 4.78 is 5.19. The van der Waals surface area contributed by atoms with Crippen molar-refractivity contribution in [2.75, 3.05) is 7.11 Å². The quantitative estimate of drug-likeness (QED) is 0.922. The number of aromatic carboxylic acids is 1. The fourth-order valence-corrected chi connectivity index (χ4v) is 1.86. The minimum absolute atomic E-state index is 0.0869. The first-order chi connectivity index (χ1) is 8.65. The fourth-order valence-electron chi connectivity index (χ4n) is 1.64. The molecule has 2 aromatic rings. The highest BCUT2D eigenvalue weighted by molar-refractivity contribution is 6.33. The van der Waals surface area contributed by atoms with Gasteiger partial charge < -0.3 is 9.84 Å². The molecule has 0 spiro atoms. The number of para-hydroxylation sites is 1. The van der Waals surface area contributed by atoms with Crippen LogP contribution >= 0.6 is 11.6 Å². The molecule has 0 aliphatic rings. The maximum Gasteiger partial charge on any atom is 0.339 e. The lowest BCUT2D eigenvalue weighted by atomic mass is 10.0. The van der Waals surface area contributed by atoms with Gasteiger partial charge >= 0.3 is 5.97 Å². The van der Waals surface area contributed by atoms with Crippen molar-refractivity contribution in [2.45, 2.75) is 0 Å². The molecule has 1 aromatic carbocycles. The molecular formula is C12H9ClN2O3. The molecule has 5 nitrogen and oxygen atoms in total. The van der Waals surface area contributed by atoms with Crippen molar-refractivity contribution in [2.24, 2.45) is 0 Å². The van der Waals surface area contributed by atoms with Gasteiger partial charge in [0.05, 0.1) is 13.3 Å². The third kappa shape index (κ3) is 2.12. The minimum Gasteiger partial charge on any atom is -0.496 e. The maximum absolute atomic E-state index is 11.2. The molecule has 0 atom stereocenters. The second-order valence-corrected chi connectivity index (χ2v) is 3.79. The first kappa shape index (κ1) is 12.3. The predicted molar refractivity (Wildman–Crippen MR) is 66.0 cm³/mol. The number of benzene rings is 1. The minimum atomic E-state index is -1.16. The lowest BCUT2D eigenvalue weighted by Gasteiger charge is -2.10. The van der Waals surface area contributed by atoms with E-state index >= 15 is 0 Å². The molecule has 92 valence electrons. The molecule has 6 heteroatoms. The highest BCUT2D eigenvalue weighted by atomic mass is 35.5. The number of ether oxygens (including phenoxy) is 1. The second-order valence-electron chi connectivity index (χ2n) is 3.43. The summed E-state index contributed by atoms with van der Waals surface area (Å²) in [5.74, 6) is -0.611. The zero-order chi connectivity index (χ0) is 13.1. The Morgan fingerprint density at radius 1 is 1.33 bits per heavy atom. The number of aromatic nitrogens is 2. The molecular weight excluding hydrogens is 256 g/mol. The number of halogens is 1. The van der Waals surface area contributed by atoms with Gasteiger partial charge in [-0.1, -0.05) is 29.8 Å². The lowest BCUT2D eigenvalue weighted by molar-refractivity contribution is 0.0697. The first-order valence-electron chi connectivity index (χ1n) is 5.03. The molecule has 0 unspecified atom stereocenters. The average molecular weight is 265 g/mol. The predicted octanol–water partition coefficient (Wildman–Crippen LogP) is 2.50. The van der Waals surface area contributed by atoms with E-state index in [2.05, 4.69) is 10.2 Å². The number of nitrogens with zero attached hydrogens (tertiary/aromatic N) is 2. The Labute approximate surface area is 108 Å². The van der Waals surface area contributed by atoms with E-state index in [9.17, 15) is 9.90 Å². The van der Waals surface area contributed by atoms with Crippen molar-refractivity contribution in [3.63, 3.8) is 0 Å². The molecule has 0 aliphatic carbocycles. The summed E-state index contributed by atoms with van der Waals surface area (Å²) in [5, 5.41) is 16.2. The van der Waals surface area contributed by atoms with Gasteiger partial charge in [0, 0.05) is 11.1 Å². The summed E-state index contributed by atoms with van der Waals surface area (Å²) >= 11 is 5.77. The Balaban J connectivity index is 2.71. The summed E-state index contributed by atoms with van der Waals surface area (Å²) in [6.45, 7) is 0. The van der Waals surface area contributed by atoms with E-state index in [0.29, 0.717) is 16.9 Å². The molecule has 0 fully saturated rings. The van der Waals surface area contributed by atoms with Crippen molar-refractivity contribution in [1.29, 1.82) is 0 Å². The van der Waals surface area contributed by atoms with E-state index < -0.39 is 5.97 Å². The van der Waals surface area contributed by atoms with Crippen LogP contribution in [0.3, 0.4) is 0 Å². The number of carboxylic acid groups (broad SMARTS) is 1. The Morgan fingerprint density at radius 3 is 2.72 bits per heavy atom. The van der Waals surface area contributed by atoms with E-state index in [1.165, 1.54) is 13.3 Å². The van der Waals surface area contributed by atoms with Crippen LogP contribution in [0.4, 0.5) is 0 Å². The number of hydrogen-bond acceptors (Lipinski definition) is 4. The molecule has 0 saturated carbocycles. The maximum atomic E-state index is 11.2. The zero-order valence-corrected chi connectivity index (χ0v) is 10.2. The molecule has 1 aromatic heterocycles. The SMILES string of the molecule is COc1ccccc1-c1cnnc(Cl)c1C(=O)O. The number of carboxylic acids is 1. The van der Waals surface area contributed by atoms with Crippen LogP contribution in [0, 0.1) is 0 Å². The third-order valence-corrected chi connectivity index (χ3v) is 2.68. The van der Waals surface area contributed by atoms with Gasteiger partial charge in [-0.2, -0.15) is 5.10 Å². The van der Waals surface area contributed by atoms with Gasteiger partial charge in [-0.3, -0.25) is 0 Å². The molecule has 0 bridgehead atoms. The number of hydrogen-bond donors (Lipinski definition) is 1. The van der Waals surface area contributed by atoms with E-state index in [0.717, 1.165) is 0 Å². The van der Waals surface area contributed by atoms with Gasteiger partial charge in [0.25, 0.3) is 0 Å². The van der Waals surface area contributed by atoms with Gasteiger partial charge in [-0.05, 0) is 6.07 Å². The van der Waals surface area contributed by atoms with E-state index in [4.69, 9.17) is 16.3 Å². The van der Waals surface area contributed by atoms with Crippen LogP contribution in [-0.2, 0) is 0 Å². The van der Waals surface area contributed by atoms with Crippen LogP contribution < -0.4 is 4.74 Å². The van der Waals surface area contributed by atoms with Gasteiger partial charge in [0.15, 0.2) is 5.15 Å². The summed E-state index contributed by atoms with van der Waals surface area (Å²) in [7, 11) is 1.51. The number of rotatable bonds is 3. The van der Waals surface area contributed by atoms with Crippen molar-refractivity contribution in [3.8, 4) is 16.9 Å². The Hall–Kier alpha value is -2.14. The van der Waals surface area contributed by atoms with Crippen LogP contribution in [0.1, 0.15) is 10.4 Å². The molecule has 0 amide bonds. The number of methoxy groups -OCH3 is 1. The van der Waals surface area contributed by atoms with E-state index in [1.807, 2.05) is 0 Å². The summed E-state index contributed by atoms with van der Waals surface area (Å²) in [5.41, 5.74) is 0.894. The molecule has 1 heterocycles. The van der Waals surface area contributed by atoms with Crippen LogP contribution in [-0.4, -0.2) is 28.4 Å². The Morgan fingerprint density at radius 2 is 2.06 bits per heavy atom. The van der Waals surface area contributed by atoms with Crippen LogP contribution in [0.2, 0.25) is 5.15 Å². The molecule has 0 saturated heterocycles. The van der Waals surface area contributed by atoms with Gasteiger partial charge in [-0.25, -0.2) is 4.79 Å². The molecule has 18 heavy (non-hydrogen) atoms. The Bertz CT molecular complexity index is 602. The average Bonchev–Trinajstić information content (AvgIpc) is 2.38. The standard InChI is InChI=1S/C12H9ClN2O3/c1-18-9-5-3-2-4-7(9)8-6-14-15-11(13)10(8)12(16)17/h2-6H,1H3,(H,16,17). The second kappa shape index (κ2) is 5.01. The summed E-state index contributed by atoms with van der Waals surface area (Å²) in [6, 6.07) is 7.03. The van der Waals surface area contributed by atoms with Crippen LogP contribution in [0.5, 0.6) is 5.75 Å². The third-order valence-electron chi connectivity index (χ3n) is 2.42. The summed E-state index contributed by atoms with van der Waals surface area (Å²) in [6.07, 6.45) is 1.35. The van der Waals surface area contributed by atoms with Crippen molar-refractivity contribution >= 4 is 17.6 Å². The highest BCUT2D eigenvalue weighted by Gasteiger charge is 2.19. The number of carbonyl (C=O) groups is 1. The van der Waals surface area contributed by atoms with Crippen LogP contribution in [0.25, 0.3) is 11.1 Å². The van der Waals surface area contributed by atoms with Gasteiger partial charge in [0.1, 0.15) is 11.3 Å². The van der Waals surface area contributed by atoms with Crippen molar-refractivity contribution < 1.29 is 14.6 Å². The smallest absolute Gasteiger partial charge is 0.339 e. The monoisotopic (exact) mass is 264 g/mol.